The molecule has 3 heteroatoms. The second kappa shape index (κ2) is 2.59. The molecule has 4 atom stereocenters. The zero-order valence-corrected chi connectivity index (χ0v) is 6.81. The van der Waals surface area contributed by atoms with Crippen molar-refractivity contribution < 1.29 is 9.90 Å². The Labute approximate surface area is 71.3 Å². The number of rotatable bonds is 1. The summed E-state index contributed by atoms with van der Waals surface area (Å²) in [5.41, 5.74) is 5.83. The highest BCUT2D eigenvalue weighted by Gasteiger charge is 2.42. The molecule has 1 fully saturated rings. The Balaban J connectivity index is 2.26. The van der Waals surface area contributed by atoms with Crippen molar-refractivity contribution in [2.45, 2.75) is 18.9 Å². The van der Waals surface area contributed by atoms with Crippen molar-refractivity contribution in [3.8, 4) is 0 Å². The van der Waals surface area contributed by atoms with Gasteiger partial charge in [-0.05, 0) is 24.7 Å². The van der Waals surface area contributed by atoms with Crippen LogP contribution in [-0.4, -0.2) is 17.1 Å². The fraction of sp³-hybridized carbons (Fsp3) is 0.667. The van der Waals surface area contributed by atoms with Crippen molar-refractivity contribution in [2.24, 2.45) is 23.5 Å². The lowest BCUT2D eigenvalue weighted by Gasteiger charge is -2.40. The summed E-state index contributed by atoms with van der Waals surface area (Å²) < 4.78 is 0. The third kappa shape index (κ3) is 0.966. The molecule has 3 aliphatic carbocycles. The Hall–Kier alpha value is -0.830. The summed E-state index contributed by atoms with van der Waals surface area (Å²) in [4.78, 5) is 10.8. The maximum atomic E-state index is 10.8. The van der Waals surface area contributed by atoms with E-state index in [0.29, 0.717) is 5.92 Å². The number of fused-ring (bicyclic) bond motifs is 2. The Morgan fingerprint density at radius 2 is 1.92 bits per heavy atom. The van der Waals surface area contributed by atoms with Crippen molar-refractivity contribution in [3.63, 3.8) is 0 Å². The van der Waals surface area contributed by atoms with Gasteiger partial charge >= 0.3 is 5.97 Å². The summed E-state index contributed by atoms with van der Waals surface area (Å²) in [6.07, 6.45) is 6.16. The number of hydrogen-bond donors (Lipinski definition) is 2. The van der Waals surface area contributed by atoms with Crippen molar-refractivity contribution >= 4 is 5.97 Å². The minimum atomic E-state index is -0.735. The van der Waals surface area contributed by atoms with Crippen LogP contribution in [0.15, 0.2) is 12.2 Å². The van der Waals surface area contributed by atoms with Gasteiger partial charge in [-0.25, -0.2) is 0 Å². The highest BCUT2D eigenvalue weighted by Crippen LogP contribution is 2.39. The third-order valence-electron chi connectivity index (χ3n) is 3.09. The first-order chi connectivity index (χ1) is 5.70. The highest BCUT2D eigenvalue weighted by atomic mass is 16.4. The number of aliphatic carboxylic acids is 1. The van der Waals surface area contributed by atoms with E-state index < -0.39 is 5.97 Å². The molecule has 0 aromatic heterocycles. The first kappa shape index (κ1) is 7.80. The number of carboxylic acids is 1. The molecule has 1 saturated carbocycles. The van der Waals surface area contributed by atoms with Crippen LogP contribution in [0, 0.1) is 17.8 Å². The van der Waals surface area contributed by atoms with Gasteiger partial charge in [0, 0.05) is 6.04 Å². The Morgan fingerprint density at radius 3 is 2.25 bits per heavy atom. The van der Waals surface area contributed by atoms with Crippen molar-refractivity contribution in [3.05, 3.63) is 12.2 Å². The van der Waals surface area contributed by atoms with Crippen LogP contribution in [0.1, 0.15) is 12.8 Å². The zero-order chi connectivity index (χ0) is 8.72. The fourth-order valence-corrected chi connectivity index (χ4v) is 2.38. The zero-order valence-electron chi connectivity index (χ0n) is 6.81. The molecule has 2 bridgehead atoms. The summed E-state index contributed by atoms with van der Waals surface area (Å²) in [7, 11) is 0. The maximum Gasteiger partial charge on any atom is 0.308 e. The van der Waals surface area contributed by atoms with Crippen molar-refractivity contribution in [2.75, 3.05) is 0 Å². The van der Waals surface area contributed by atoms with Crippen LogP contribution in [-0.2, 0) is 4.79 Å². The minimum absolute atomic E-state index is 0.161. The summed E-state index contributed by atoms with van der Waals surface area (Å²) in [6.45, 7) is 0. The predicted octanol–water partition coefficient (Wildman–Crippen LogP) is 0.610. The quantitative estimate of drug-likeness (QED) is 0.562. The Bertz CT molecular complexity index is 237. The van der Waals surface area contributed by atoms with Gasteiger partial charge in [0.2, 0.25) is 0 Å². The van der Waals surface area contributed by atoms with Gasteiger partial charge in [0.05, 0.1) is 5.92 Å². The van der Waals surface area contributed by atoms with Crippen LogP contribution in [0.4, 0.5) is 0 Å². The lowest BCUT2D eigenvalue weighted by molar-refractivity contribution is -0.145. The molecule has 3 N–H and O–H groups in total. The van der Waals surface area contributed by atoms with Crippen LogP contribution < -0.4 is 5.73 Å². The molecule has 0 aliphatic heterocycles. The molecule has 0 amide bonds. The summed E-state index contributed by atoms with van der Waals surface area (Å²) in [6, 6.07) is -0.161. The summed E-state index contributed by atoms with van der Waals surface area (Å²) in [5.74, 6) is -0.589. The van der Waals surface area contributed by atoms with Gasteiger partial charge in [-0.1, -0.05) is 12.2 Å². The monoisotopic (exact) mass is 167 g/mol. The summed E-state index contributed by atoms with van der Waals surface area (Å²) >= 11 is 0. The summed E-state index contributed by atoms with van der Waals surface area (Å²) in [5, 5.41) is 8.92. The van der Waals surface area contributed by atoms with Crippen LogP contribution in [0.3, 0.4) is 0 Å². The average Bonchev–Trinajstić information content (AvgIpc) is 2.05. The van der Waals surface area contributed by atoms with Crippen LogP contribution >= 0.6 is 0 Å². The minimum Gasteiger partial charge on any atom is -0.481 e. The van der Waals surface area contributed by atoms with Crippen LogP contribution in [0.2, 0.25) is 0 Å². The smallest absolute Gasteiger partial charge is 0.308 e. The van der Waals surface area contributed by atoms with Crippen molar-refractivity contribution in [1.29, 1.82) is 0 Å². The second-order valence-corrected chi connectivity index (χ2v) is 3.73. The molecular weight excluding hydrogens is 154 g/mol. The molecule has 12 heavy (non-hydrogen) atoms. The van der Waals surface area contributed by atoms with Gasteiger partial charge in [0.25, 0.3) is 0 Å². The lowest BCUT2D eigenvalue weighted by Crippen LogP contribution is -2.50. The van der Waals surface area contributed by atoms with E-state index in [-0.39, 0.29) is 17.9 Å². The molecule has 3 aliphatic rings. The number of nitrogens with two attached hydrogens (primary N) is 1. The van der Waals surface area contributed by atoms with E-state index >= 15 is 0 Å². The SMILES string of the molecule is N[C@H]1[C@@H](C(=O)O)[C@@H]2C=C[C@@H]1CC2. The van der Waals surface area contributed by atoms with E-state index in [0.717, 1.165) is 12.8 Å². The standard InChI is InChI=1S/C9H13NO2/c10-8-6-3-1-5(2-4-6)7(8)9(11)12/h1,3,5-8H,2,4,10H2,(H,11,12)/t5-,6-,7+,8-/m1/s1. The van der Waals surface area contributed by atoms with Gasteiger partial charge in [-0.15, -0.1) is 0 Å². The van der Waals surface area contributed by atoms with E-state index in [1.165, 1.54) is 0 Å². The number of hydrogen-bond acceptors (Lipinski definition) is 2. The van der Waals surface area contributed by atoms with Gasteiger partial charge in [0.15, 0.2) is 0 Å². The topological polar surface area (TPSA) is 63.3 Å². The molecule has 0 aromatic rings. The molecule has 0 spiro atoms. The molecule has 0 unspecified atom stereocenters. The van der Waals surface area contributed by atoms with E-state index in [4.69, 9.17) is 10.8 Å². The van der Waals surface area contributed by atoms with Crippen molar-refractivity contribution in [1.82, 2.24) is 0 Å². The molecule has 0 saturated heterocycles. The Morgan fingerprint density at radius 1 is 1.33 bits per heavy atom. The highest BCUT2D eigenvalue weighted by molar-refractivity contribution is 5.72. The molecule has 0 radical (unpaired) electrons. The number of carboxylic acid groups (broad SMARTS) is 1. The number of carbonyl (C=O) groups is 1. The molecule has 0 heterocycles. The molecule has 66 valence electrons. The van der Waals surface area contributed by atoms with Gasteiger partial charge in [0.1, 0.15) is 0 Å². The Kier molecular flexibility index (Phi) is 1.68. The number of allylic oxidation sites excluding steroid dienone is 1. The van der Waals surface area contributed by atoms with Crippen LogP contribution in [0.5, 0.6) is 0 Å². The molecule has 3 nitrogen and oxygen atoms in total. The van der Waals surface area contributed by atoms with E-state index in [2.05, 4.69) is 6.08 Å². The lowest BCUT2D eigenvalue weighted by atomic mass is 9.66. The van der Waals surface area contributed by atoms with Crippen LogP contribution in [0.25, 0.3) is 0 Å². The normalized spacial score (nSPS) is 44.8. The fourth-order valence-electron chi connectivity index (χ4n) is 2.38. The largest absolute Gasteiger partial charge is 0.481 e. The van der Waals surface area contributed by atoms with E-state index in [9.17, 15) is 4.79 Å². The van der Waals surface area contributed by atoms with E-state index in [1.807, 2.05) is 6.08 Å². The second-order valence-electron chi connectivity index (χ2n) is 3.73. The molecular formula is C9H13NO2. The average molecular weight is 167 g/mol. The third-order valence-corrected chi connectivity index (χ3v) is 3.09. The molecule has 0 aromatic carbocycles. The van der Waals surface area contributed by atoms with Gasteiger partial charge in [-0.3, -0.25) is 4.79 Å². The maximum absolute atomic E-state index is 10.8. The predicted molar refractivity (Wildman–Crippen MR) is 44.5 cm³/mol. The first-order valence-electron chi connectivity index (χ1n) is 4.37. The van der Waals surface area contributed by atoms with Gasteiger partial charge in [-0.2, -0.15) is 0 Å². The molecule has 3 rings (SSSR count). The first-order valence-corrected chi connectivity index (χ1v) is 4.37. The van der Waals surface area contributed by atoms with Gasteiger partial charge < -0.3 is 10.8 Å². The van der Waals surface area contributed by atoms with E-state index in [1.54, 1.807) is 0 Å².